The lowest BCUT2D eigenvalue weighted by Gasteiger charge is -2.10. The van der Waals surface area contributed by atoms with Gasteiger partial charge in [0.2, 0.25) is 0 Å². The molecule has 4 nitrogen and oxygen atoms in total. The molecule has 1 aromatic rings. The van der Waals surface area contributed by atoms with E-state index in [1.807, 2.05) is 6.92 Å². The van der Waals surface area contributed by atoms with E-state index >= 15 is 0 Å². The van der Waals surface area contributed by atoms with Gasteiger partial charge in [0.15, 0.2) is 5.96 Å². The summed E-state index contributed by atoms with van der Waals surface area (Å²) in [4.78, 5) is 5.85. The zero-order valence-electron chi connectivity index (χ0n) is 12.4. The van der Waals surface area contributed by atoms with E-state index in [1.165, 1.54) is 4.88 Å². The molecule has 2 N–H and O–H groups in total. The molecule has 0 atom stereocenters. The zero-order chi connectivity index (χ0) is 13.8. The number of nitrogens with one attached hydrogen (secondary N) is 2. The van der Waals surface area contributed by atoms with E-state index in [2.05, 4.69) is 40.1 Å². The van der Waals surface area contributed by atoms with Gasteiger partial charge in [-0.25, -0.2) is 4.99 Å². The van der Waals surface area contributed by atoms with Crippen LogP contribution in [0.5, 0.6) is 0 Å². The Labute approximate surface area is 143 Å². The van der Waals surface area contributed by atoms with E-state index in [4.69, 9.17) is 4.74 Å². The molecule has 0 aromatic carbocycles. The first-order valence-electron chi connectivity index (χ1n) is 6.99. The van der Waals surface area contributed by atoms with E-state index in [0.29, 0.717) is 0 Å². The van der Waals surface area contributed by atoms with Gasteiger partial charge >= 0.3 is 0 Å². The van der Waals surface area contributed by atoms with Gasteiger partial charge in [-0.15, -0.1) is 35.3 Å². The Hall–Kier alpha value is -0.340. The minimum absolute atomic E-state index is 0. The minimum atomic E-state index is 0. The fraction of sp³-hybridized carbons (Fsp3) is 0.643. The molecule has 0 amide bonds. The van der Waals surface area contributed by atoms with Gasteiger partial charge in [0.25, 0.3) is 0 Å². The number of hydrogen-bond donors (Lipinski definition) is 2. The summed E-state index contributed by atoms with van der Waals surface area (Å²) in [7, 11) is 0. The molecule has 6 heteroatoms. The highest BCUT2D eigenvalue weighted by atomic mass is 127. The summed E-state index contributed by atoms with van der Waals surface area (Å²) in [6.45, 7) is 8.32. The van der Waals surface area contributed by atoms with Crippen molar-refractivity contribution in [3.05, 3.63) is 22.4 Å². The molecule has 0 fully saturated rings. The average Bonchev–Trinajstić information content (AvgIpc) is 2.93. The Morgan fingerprint density at radius 3 is 2.80 bits per heavy atom. The van der Waals surface area contributed by atoms with Crippen LogP contribution in [0.1, 0.15) is 31.6 Å². The molecule has 0 radical (unpaired) electrons. The molecule has 0 bridgehead atoms. The third-order valence-electron chi connectivity index (χ3n) is 2.53. The van der Waals surface area contributed by atoms with E-state index in [0.717, 1.165) is 51.6 Å². The number of hydrogen-bond acceptors (Lipinski definition) is 3. The third kappa shape index (κ3) is 9.55. The highest BCUT2D eigenvalue weighted by Crippen LogP contribution is 2.09. The first-order chi connectivity index (χ1) is 9.36. The predicted octanol–water partition coefficient (Wildman–Crippen LogP) is 3.24. The second-order valence-electron chi connectivity index (χ2n) is 4.11. The molecule has 116 valence electrons. The Balaban J connectivity index is 0.00000361. The van der Waals surface area contributed by atoms with Gasteiger partial charge in [-0.1, -0.05) is 6.07 Å². The number of nitrogens with zero attached hydrogens (tertiary/aromatic N) is 1. The number of thiophene rings is 1. The van der Waals surface area contributed by atoms with Crippen LogP contribution >= 0.6 is 35.3 Å². The van der Waals surface area contributed by atoms with Crippen molar-refractivity contribution in [3.63, 3.8) is 0 Å². The Bertz CT molecular complexity index is 344. The van der Waals surface area contributed by atoms with Crippen molar-refractivity contribution in [2.45, 2.75) is 33.2 Å². The van der Waals surface area contributed by atoms with Gasteiger partial charge in [-0.05, 0) is 38.1 Å². The highest BCUT2D eigenvalue weighted by molar-refractivity contribution is 14.0. The Morgan fingerprint density at radius 2 is 2.15 bits per heavy atom. The molecule has 0 saturated heterocycles. The molecule has 1 rings (SSSR count). The summed E-state index contributed by atoms with van der Waals surface area (Å²) in [5, 5.41) is 8.69. The summed E-state index contributed by atoms with van der Waals surface area (Å²) in [6, 6.07) is 4.17. The van der Waals surface area contributed by atoms with E-state index in [-0.39, 0.29) is 24.0 Å². The number of rotatable bonds is 9. The normalized spacial score (nSPS) is 11.0. The quantitative estimate of drug-likeness (QED) is 0.284. The van der Waals surface area contributed by atoms with Gasteiger partial charge in [0, 0.05) is 31.2 Å². The molecule has 1 aromatic heterocycles. The first-order valence-corrected chi connectivity index (χ1v) is 7.87. The van der Waals surface area contributed by atoms with Crippen molar-refractivity contribution in [1.29, 1.82) is 0 Å². The van der Waals surface area contributed by atoms with Crippen LogP contribution in [0.2, 0.25) is 0 Å². The van der Waals surface area contributed by atoms with Crippen molar-refractivity contribution >= 4 is 41.3 Å². The fourth-order valence-corrected chi connectivity index (χ4v) is 2.21. The summed E-state index contributed by atoms with van der Waals surface area (Å²) in [5.41, 5.74) is 0. The summed E-state index contributed by atoms with van der Waals surface area (Å²) >= 11 is 1.74. The summed E-state index contributed by atoms with van der Waals surface area (Å²) < 4.78 is 5.31. The molecule has 0 saturated carbocycles. The maximum Gasteiger partial charge on any atom is 0.191 e. The van der Waals surface area contributed by atoms with Crippen LogP contribution in [0.15, 0.2) is 22.5 Å². The molecule has 0 aliphatic heterocycles. The zero-order valence-corrected chi connectivity index (χ0v) is 15.5. The van der Waals surface area contributed by atoms with Crippen LogP contribution in [0.4, 0.5) is 0 Å². The van der Waals surface area contributed by atoms with Gasteiger partial charge in [-0.2, -0.15) is 0 Å². The van der Waals surface area contributed by atoms with Crippen molar-refractivity contribution in [1.82, 2.24) is 10.6 Å². The molecule has 0 aliphatic rings. The molecule has 20 heavy (non-hydrogen) atoms. The molecule has 0 aliphatic carbocycles. The topological polar surface area (TPSA) is 45.7 Å². The smallest absolute Gasteiger partial charge is 0.191 e. The fourth-order valence-electron chi connectivity index (χ4n) is 1.58. The van der Waals surface area contributed by atoms with Gasteiger partial charge in [0.05, 0.1) is 6.54 Å². The molecular weight excluding hydrogens is 385 g/mol. The van der Waals surface area contributed by atoms with Crippen molar-refractivity contribution in [2.75, 3.05) is 26.3 Å². The molecular formula is C14H26IN3OS. The number of guanidine groups is 1. The lowest BCUT2D eigenvalue weighted by atomic mass is 10.3. The van der Waals surface area contributed by atoms with Crippen LogP contribution in [0, 0.1) is 0 Å². The maximum atomic E-state index is 5.31. The number of halogens is 1. The third-order valence-corrected chi connectivity index (χ3v) is 3.39. The molecule has 0 spiro atoms. The van der Waals surface area contributed by atoms with Crippen LogP contribution in [-0.4, -0.2) is 32.3 Å². The maximum absolute atomic E-state index is 5.31. The lowest BCUT2D eigenvalue weighted by Crippen LogP contribution is -2.37. The first kappa shape index (κ1) is 19.7. The van der Waals surface area contributed by atoms with Crippen LogP contribution in [-0.2, 0) is 11.3 Å². The summed E-state index contributed by atoms with van der Waals surface area (Å²) in [6.07, 6.45) is 2.19. The second-order valence-corrected chi connectivity index (χ2v) is 5.14. The monoisotopic (exact) mass is 411 g/mol. The number of aliphatic imine (C=N–C) groups is 1. The van der Waals surface area contributed by atoms with E-state index < -0.39 is 0 Å². The largest absolute Gasteiger partial charge is 0.382 e. The number of unbranched alkanes of at least 4 members (excludes halogenated alkanes) is 1. The number of ether oxygens (including phenoxy) is 1. The van der Waals surface area contributed by atoms with Crippen LogP contribution in [0.3, 0.4) is 0 Å². The average molecular weight is 411 g/mol. The highest BCUT2D eigenvalue weighted by Gasteiger charge is 1.97. The Morgan fingerprint density at radius 1 is 1.30 bits per heavy atom. The van der Waals surface area contributed by atoms with E-state index in [9.17, 15) is 0 Å². The standard InChI is InChI=1S/C14H25N3OS.HI/c1-3-15-14(16-9-5-6-10-18-4-2)17-12-13-8-7-11-19-13;/h7-8,11H,3-6,9-10,12H2,1-2H3,(H2,15,16,17);1H. The molecule has 1 heterocycles. The predicted molar refractivity (Wildman–Crippen MR) is 98.3 cm³/mol. The van der Waals surface area contributed by atoms with Crippen molar-refractivity contribution < 1.29 is 4.74 Å². The van der Waals surface area contributed by atoms with Gasteiger partial charge < -0.3 is 15.4 Å². The lowest BCUT2D eigenvalue weighted by molar-refractivity contribution is 0.143. The Kier molecular flexibility index (Phi) is 13.4. The van der Waals surface area contributed by atoms with Gasteiger partial charge in [0.1, 0.15) is 0 Å². The van der Waals surface area contributed by atoms with E-state index in [1.54, 1.807) is 11.3 Å². The summed E-state index contributed by atoms with van der Waals surface area (Å²) in [5.74, 6) is 0.896. The second kappa shape index (κ2) is 13.6. The van der Waals surface area contributed by atoms with Crippen molar-refractivity contribution in [2.24, 2.45) is 4.99 Å². The van der Waals surface area contributed by atoms with Crippen molar-refractivity contribution in [3.8, 4) is 0 Å². The minimum Gasteiger partial charge on any atom is -0.382 e. The SMILES string of the molecule is CCNC(=NCc1cccs1)NCCCCOCC.I. The molecule has 0 unspecified atom stereocenters. The van der Waals surface area contributed by atoms with Gasteiger partial charge in [-0.3, -0.25) is 0 Å². The van der Waals surface area contributed by atoms with Crippen LogP contribution in [0.25, 0.3) is 0 Å². The van der Waals surface area contributed by atoms with Crippen LogP contribution < -0.4 is 10.6 Å².